The average molecular weight is 379 g/mol. The van der Waals surface area contributed by atoms with Crippen LogP contribution in [0.2, 0.25) is 0 Å². The number of ether oxygens (including phenoxy) is 2. The molecule has 0 unspecified atom stereocenters. The Balaban J connectivity index is 1.65. The second-order valence-corrected chi connectivity index (χ2v) is 8.62. The van der Waals surface area contributed by atoms with Gasteiger partial charge in [0, 0.05) is 18.5 Å². The Hall–Kier alpha value is -2.13. The second kappa shape index (κ2) is 6.55. The van der Waals surface area contributed by atoms with Crippen LogP contribution in [-0.4, -0.2) is 42.6 Å². The molecule has 2 aromatic rings. The van der Waals surface area contributed by atoms with Gasteiger partial charge in [-0.3, -0.25) is 0 Å². The number of hydrogen-bond donors (Lipinski definition) is 0. The van der Waals surface area contributed by atoms with Crippen LogP contribution in [0, 0.1) is 0 Å². The molecule has 0 spiro atoms. The summed E-state index contributed by atoms with van der Waals surface area (Å²) in [6.07, 6.45) is 1.40. The van der Waals surface area contributed by atoms with Gasteiger partial charge in [0.25, 0.3) is 0 Å². The molecule has 2 aliphatic heterocycles. The van der Waals surface area contributed by atoms with Crippen LogP contribution in [0.25, 0.3) is 0 Å². The number of nitrogens with zero attached hydrogens (tertiary/aromatic N) is 3. The zero-order chi connectivity index (χ0) is 18.3. The SMILES string of the molecule is CC(C)c1noc([C@@H]2CCCN2S(=O)(=O)c2ccc3c(c2)OCCO3)n1. The third-order valence-corrected chi connectivity index (χ3v) is 6.49. The fourth-order valence-corrected chi connectivity index (χ4v) is 4.88. The fraction of sp³-hybridized carbons (Fsp3) is 0.529. The van der Waals surface area contributed by atoms with Gasteiger partial charge in [0.1, 0.15) is 19.3 Å². The summed E-state index contributed by atoms with van der Waals surface area (Å²) in [6, 6.07) is 4.27. The predicted molar refractivity (Wildman–Crippen MR) is 91.7 cm³/mol. The van der Waals surface area contributed by atoms with Crippen LogP contribution < -0.4 is 9.47 Å². The van der Waals surface area contributed by atoms with E-state index in [9.17, 15) is 8.42 Å². The molecule has 8 nitrogen and oxygen atoms in total. The van der Waals surface area contributed by atoms with E-state index in [4.69, 9.17) is 14.0 Å². The smallest absolute Gasteiger partial charge is 0.245 e. The molecule has 1 fully saturated rings. The summed E-state index contributed by atoms with van der Waals surface area (Å²) in [5.41, 5.74) is 0. The van der Waals surface area contributed by atoms with E-state index in [-0.39, 0.29) is 10.8 Å². The molecule has 0 bridgehead atoms. The molecule has 26 heavy (non-hydrogen) atoms. The van der Waals surface area contributed by atoms with Gasteiger partial charge in [-0.15, -0.1) is 0 Å². The minimum Gasteiger partial charge on any atom is -0.486 e. The summed E-state index contributed by atoms with van der Waals surface area (Å²) >= 11 is 0. The summed E-state index contributed by atoms with van der Waals surface area (Å²) in [4.78, 5) is 4.57. The normalized spacial score (nSPS) is 20.7. The van der Waals surface area contributed by atoms with Gasteiger partial charge in [0.15, 0.2) is 17.3 Å². The number of benzene rings is 1. The Bertz CT molecular complexity index is 909. The molecule has 1 aromatic carbocycles. The summed E-state index contributed by atoms with van der Waals surface area (Å²) in [5, 5.41) is 3.96. The first-order valence-electron chi connectivity index (χ1n) is 8.72. The highest BCUT2D eigenvalue weighted by molar-refractivity contribution is 7.89. The first-order valence-corrected chi connectivity index (χ1v) is 10.2. The lowest BCUT2D eigenvalue weighted by atomic mass is 10.2. The van der Waals surface area contributed by atoms with E-state index < -0.39 is 16.1 Å². The van der Waals surface area contributed by atoms with Crippen molar-refractivity contribution in [2.24, 2.45) is 0 Å². The van der Waals surface area contributed by atoms with Gasteiger partial charge in [0.2, 0.25) is 15.9 Å². The molecule has 2 aliphatic rings. The number of fused-ring (bicyclic) bond motifs is 1. The fourth-order valence-electron chi connectivity index (χ4n) is 3.21. The maximum absolute atomic E-state index is 13.2. The topological polar surface area (TPSA) is 94.8 Å². The largest absolute Gasteiger partial charge is 0.486 e. The molecule has 1 atom stereocenters. The lowest BCUT2D eigenvalue weighted by Gasteiger charge is -2.23. The monoisotopic (exact) mass is 379 g/mol. The summed E-state index contributed by atoms with van der Waals surface area (Å²) < 4.78 is 44.1. The van der Waals surface area contributed by atoms with Crippen LogP contribution in [-0.2, 0) is 10.0 Å². The highest BCUT2D eigenvalue weighted by Gasteiger charge is 2.39. The highest BCUT2D eigenvalue weighted by atomic mass is 32.2. The number of sulfonamides is 1. The van der Waals surface area contributed by atoms with Crippen molar-refractivity contribution in [3.8, 4) is 11.5 Å². The lowest BCUT2D eigenvalue weighted by molar-refractivity contribution is 0.171. The van der Waals surface area contributed by atoms with Crippen molar-refractivity contribution in [3.05, 3.63) is 29.9 Å². The van der Waals surface area contributed by atoms with Crippen LogP contribution in [0.15, 0.2) is 27.6 Å². The Morgan fingerprint density at radius 1 is 1.19 bits per heavy atom. The standard InChI is InChI=1S/C17H21N3O5S/c1-11(2)16-18-17(25-19-16)13-4-3-7-20(13)26(21,22)12-5-6-14-15(10-12)24-9-8-23-14/h5-6,10-11,13H,3-4,7-9H2,1-2H3/t13-/m0/s1. The van der Waals surface area contributed by atoms with Crippen LogP contribution in [0.3, 0.4) is 0 Å². The third kappa shape index (κ3) is 2.95. The van der Waals surface area contributed by atoms with Gasteiger partial charge in [-0.05, 0) is 25.0 Å². The minimum atomic E-state index is -3.71. The van der Waals surface area contributed by atoms with Crippen molar-refractivity contribution < 1.29 is 22.4 Å². The molecular formula is C17H21N3O5S. The van der Waals surface area contributed by atoms with E-state index in [0.717, 1.165) is 6.42 Å². The van der Waals surface area contributed by atoms with Gasteiger partial charge in [-0.1, -0.05) is 19.0 Å². The van der Waals surface area contributed by atoms with E-state index in [1.807, 2.05) is 13.8 Å². The highest BCUT2D eigenvalue weighted by Crippen LogP contribution is 2.38. The Morgan fingerprint density at radius 2 is 1.96 bits per heavy atom. The van der Waals surface area contributed by atoms with Crippen LogP contribution in [0.4, 0.5) is 0 Å². The van der Waals surface area contributed by atoms with Gasteiger partial charge in [-0.2, -0.15) is 9.29 Å². The molecule has 3 heterocycles. The van der Waals surface area contributed by atoms with E-state index in [1.165, 1.54) is 10.4 Å². The molecular weight excluding hydrogens is 358 g/mol. The molecule has 0 N–H and O–H groups in total. The van der Waals surface area contributed by atoms with Crippen molar-refractivity contribution in [2.45, 2.75) is 43.5 Å². The summed E-state index contributed by atoms with van der Waals surface area (Å²) in [6.45, 7) is 5.21. The Morgan fingerprint density at radius 3 is 2.69 bits per heavy atom. The molecule has 0 aliphatic carbocycles. The molecule has 4 rings (SSSR count). The molecule has 9 heteroatoms. The van der Waals surface area contributed by atoms with Crippen LogP contribution in [0.1, 0.15) is 50.4 Å². The van der Waals surface area contributed by atoms with Gasteiger partial charge in [0.05, 0.1) is 4.90 Å². The summed E-state index contributed by atoms with van der Waals surface area (Å²) in [7, 11) is -3.71. The lowest BCUT2D eigenvalue weighted by Crippen LogP contribution is -2.31. The average Bonchev–Trinajstić information content (AvgIpc) is 3.30. The van der Waals surface area contributed by atoms with Gasteiger partial charge in [-0.25, -0.2) is 8.42 Å². The van der Waals surface area contributed by atoms with Crippen molar-refractivity contribution in [2.75, 3.05) is 19.8 Å². The van der Waals surface area contributed by atoms with Crippen LogP contribution >= 0.6 is 0 Å². The maximum atomic E-state index is 13.2. The van der Waals surface area contributed by atoms with Crippen molar-refractivity contribution in [1.82, 2.24) is 14.4 Å². The van der Waals surface area contributed by atoms with E-state index in [1.54, 1.807) is 12.1 Å². The number of aromatic nitrogens is 2. The Labute approximate surface area is 152 Å². The van der Waals surface area contributed by atoms with E-state index >= 15 is 0 Å². The molecule has 1 saturated heterocycles. The quantitative estimate of drug-likeness (QED) is 0.805. The zero-order valence-electron chi connectivity index (χ0n) is 14.7. The number of rotatable bonds is 4. The minimum absolute atomic E-state index is 0.122. The molecule has 0 saturated carbocycles. The second-order valence-electron chi connectivity index (χ2n) is 6.72. The van der Waals surface area contributed by atoms with Crippen molar-refractivity contribution in [3.63, 3.8) is 0 Å². The van der Waals surface area contributed by atoms with Gasteiger partial charge >= 0.3 is 0 Å². The Kier molecular flexibility index (Phi) is 4.36. The first-order chi connectivity index (χ1) is 12.5. The molecule has 1 aromatic heterocycles. The zero-order valence-corrected chi connectivity index (χ0v) is 15.5. The number of hydrogen-bond acceptors (Lipinski definition) is 7. The van der Waals surface area contributed by atoms with E-state index in [0.29, 0.717) is 49.4 Å². The third-order valence-electron chi connectivity index (χ3n) is 4.58. The summed E-state index contributed by atoms with van der Waals surface area (Å²) in [5.74, 6) is 2.08. The van der Waals surface area contributed by atoms with E-state index in [2.05, 4.69) is 10.1 Å². The molecule has 0 radical (unpaired) electrons. The van der Waals surface area contributed by atoms with Crippen molar-refractivity contribution >= 4 is 10.0 Å². The predicted octanol–water partition coefficient (Wildman–Crippen LogP) is 2.49. The first kappa shape index (κ1) is 17.3. The molecule has 0 amide bonds. The van der Waals surface area contributed by atoms with Crippen LogP contribution in [0.5, 0.6) is 11.5 Å². The van der Waals surface area contributed by atoms with Crippen molar-refractivity contribution in [1.29, 1.82) is 0 Å². The maximum Gasteiger partial charge on any atom is 0.245 e. The van der Waals surface area contributed by atoms with Gasteiger partial charge < -0.3 is 14.0 Å². The molecule has 140 valence electrons.